The SMILES string of the molecule is Cc1ccc(N)c(NCc2cc(C)on2)c1. The van der Waals surface area contributed by atoms with Crippen molar-refractivity contribution in [2.24, 2.45) is 0 Å². The Hall–Kier alpha value is -1.97. The van der Waals surface area contributed by atoms with Gasteiger partial charge >= 0.3 is 0 Å². The van der Waals surface area contributed by atoms with Gasteiger partial charge in [0.1, 0.15) is 11.5 Å². The van der Waals surface area contributed by atoms with E-state index in [0.717, 1.165) is 22.8 Å². The van der Waals surface area contributed by atoms with Crippen LogP contribution in [0.2, 0.25) is 0 Å². The lowest BCUT2D eigenvalue weighted by Gasteiger charge is -2.08. The molecule has 2 aromatic rings. The number of benzene rings is 1. The summed E-state index contributed by atoms with van der Waals surface area (Å²) in [5.41, 5.74) is 9.57. The summed E-state index contributed by atoms with van der Waals surface area (Å²) in [5.74, 6) is 0.814. The van der Waals surface area contributed by atoms with Crippen molar-refractivity contribution in [2.45, 2.75) is 20.4 Å². The Kier molecular flexibility index (Phi) is 2.81. The van der Waals surface area contributed by atoms with Crippen LogP contribution in [0, 0.1) is 13.8 Å². The molecule has 0 saturated heterocycles. The quantitative estimate of drug-likeness (QED) is 0.775. The molecule has 0 aliphatic heterocycles. The number of nitrogens with one attached hydrogen (secondary N) is 1. The summed E-state index contributed by atoms with van der Waals surface area (Å²) >= 11 is 0. The Morgan fingerprint density at radius 3 is 2.81 bits per heavy atom. The molecule has 1 heterocycles. The molecule has 0 spiro atoms. The monoisotopic (exact) mass is 217 g/mol. The van der Waals surface area contributed by atoms with Crippen molar-refractivity contribution in [3.63, 3.8) is 0 Å². The molecule has 0 fully saturated rings. The van der Waals surface area contributed by atoms with Gasteiger partial charge in [-0.15, -0.1) is 0 Å². The number of rotatable bonds is 3. The van der Waals surface area contributed by atoms with E-state index in [4.69, 9.17) is 10.3 Å². The minimum Gasteiger partial charge on any atom is -0.397 e. The molecule has 0 unspecified atom stereocenters. The van der Waals surface area contributed by atoms with E-state index < -0.39 is 0 Å². The van der Waals surface area contributed by atoms with Crippen LogP contribution in [-0.2, 0) is 6.54 Å². The van der Waals surface area contributed by atoms with Crippen LogP contribution < -0.4 is 11.1 Å². The number of aryl methyl sites for hydroxylation is 2. The molecule has 0 atom stereocenters. The number of nitrogens with zero attached hydrogens (tertiary/aromatic N) is 1. The number of hydrogen-bond donors (Lipinski definition) is 2. The highest BCUT2D eigenvalue weighted by atomic mass is 16.5. The third-order valence-electron chi connectivity index (χ3n) is 2.35. The molecule has 16 heavy (non-hydrogen) atoms. The van der Waals surface area contributed by atoms with Crippen molar-refractivity contribution in [1.29, 1.82) is 0 Å². The normalized spacial score (nSPS) is 10.4. The van der Waals surface area contributed by atoms with E-state index in [1.165, 1.54) is 5.56 Å². The van der Waals surface area contributed by atoms with Crippen LogP contribution in [0.25, 0.3) is 0 Å². The van der Waals surface area contributed by atoms with Crippen molar-refractivity contribution in [1.82, 2.24) is 5.16 Å². The fourth-order valence-corrected chi connectivity index (χ4v) is 1.51. The van der Waals surface area contributed by atoms with Gasteiger partial charge in [-0.3, -0.25) is 0 Å². The highest BCUT2D eigenvalue weighted by molar-refractivity contribution is 5.66. The minimum atomic E-state index is 0.616. The van der Waals surface area contributed by atoms with Gasteiger partial charge in [0.25, 0.3) is 0 Å². The molecule has 4 nitrogen and oxygen atoms in total. The smallest absolute Gasteiger partial charge is 0.133 e. The van der Waals surface area contributed by atoms with Crippen LogP contribution in [0.1, 0.15) is 17.0 Å². The summed E-state index contributed by atoms with van der Waals surface area (Å²) < 4.78 is 4.99. The third kappa shape index (κ3) is 2.34. The van der Waals surface area contributed by atoms with E-state index >= 15 is 0 Å². The Morgan fingerprint density at radius 1 is 1.31 bits per heavy atom. The molecule has 3 N–H and O–H groups in total. The number of nitrogens with two attached hydrogens (primary N) is 1. The molecule has 0 radical (unpaired) electrons. The van der Waals surface area contributed by atoms with Crippen LogP contribution in [0.3, 0.4) is 0 Å². The highest BCUT2D eigenvalue weighted by Gasteiger charge is 2.02. The molecule has 2 rings (SSSR count). The van der Waals surface area contributed by atoms with Gasteiger partial charge in [0.2, 0.25) is 0 Å². The van der Waals surface area contributed by atoms with Gasteiger partial charge in [0, 0.05) is 6.07 Å². The first-order chi connectivity index (χ1) is 7.65. The van der Waals surface area contributed by atoms with E-state index in [1.807, 2.05) is 38.1 Å². The Morgan fingerprint density at radius 2 is 2.12 bits per heavy atom. The summed E-state index contributed by atoms with van der Waals surface area (Å²) in [4.78, 5) is 0. The van der Waals surface area contributed by atoms with E-state index in [0.29, 0.717) is 6.54 Å². The van der Waals surface area contributed by atoms with E-state index in [1.54, 1.807) is 0 Å². The number of nitrogen functional groups attached to an aromatic ring is 1. The van der Waals surface area contributed by atoms with Crippen molar-refractivity contribution < 1.29 is 4.52 Å². The maximum Gasteiger partial charge on any atom is 0.133 e. The predicted octanol–water partition coefficient (Wildman–Crippen LogP) is 2.49. The highest BCUT2D eigenvalue weighted by Crippen LogP contribution is 2.20. The number of aromatic nitrogens is 1. The van der Waals surface area contributed by atoms with Gasteiger partial charge in [-0.25, -0.2) is 0 Å². The van der Waals surface area contributed by atoms with Crippen molar-refractivity contribution in [2.75, 3.05) is 11.1 Å². The molecular formula is C12H15N3O. The van der Waals surface area contributed by atoms with Gasteiger partial charge in [-0.1, -0.05) is 11.2 Å². The van der Waals surface area contributed by atoms with Gasteiger partial charge in [-0.2, -0.15) is 0 Å². The largest absolute Gasteiger partial charge is 0.397 e. The topological polar surface area (TPSA) is 64.1 Å². The van der Waals surface area contributed by atoms with E-state index in [9.17, 15) is 0 Å². The average Bonchev–Trinajstić information content (AvgIpc) is 2.66. The van der Waals surface area contributed by atoms with E-state index in [-0.39, 0.29) is 0 Å². The molecule has 1 aromatic heterocycles. The summed E-state index contributed by atoms with van der Waals surface area (Å²) in [5, 5.41) is 7.14. The number of anilines is 2. The lowest BCUT2D eigenvalue weighted by Crippen LogP contribution is -2.02. The fourth-order valence-electron chi connectivity index (χ4n) is 1.51. The minimum absolute atomic E-state index is 0.616. The summed E-state index contributed by atoms with van der Waals surface area (Å²) in [6, 6.07) is 7.80. The van der Waals surface area contributed by atoms with Crippen molar-refractivity contribution in [3.8, 4) is 0 Å². The van der Waals surface area contributed by atoms with Gasteiger partial charge in [0.15, 0.2) is 0 Å². The van der Waals surface area contributed by atoms with Crippen LogP contribution in [-0.4, -0.2) is 5.16 Å². The van der Waals surface area contributed by atoms with E-state index in [2.05, 4.69) is 10.5 Å². The molecule has 0 saturated carbocycles. The molecule has 1 aromatic carbocycles. The van der Waals surface area contributed by atoms with Crippen LogP contribution in [0.15, 0.2) is 28.8 Å². The maximum atomic E-state index is 5.85. The summed E-state index contributed by atoms with van der Waals surface area (Å²) in [7, 11) is 0. The average molecular weight is 217 g/mol. The third-order valence-corrected chi connectivity index (χ3v) is 2.35. The van der Waals surface area contributed by atoms with Crippen molar-refractivity contribution >= 4 is 11.4 Å². The van der Waals surface area contributed by atoms with Gasteiger partial charge in [0.05, 0.1) is 17.9 Å². The second-order valence-corrected chi connectivity index (χ2v) is 3.87. The molecule has 4 heteroatoms. The molecular weight excluding hydrogens is 202 g/mol. The predicted molar refractivity (Wildman–Crippen MR) is 64.2 cm³/mol. The lowest BCUT2D eigenvalue weighted by atomic mass is 10.2. The molecule has 0 bridgehead atoms. The molecule has 0 aliphatic carbocycles. The summed E-state index contributed by atoms with van der Waals surface area (Å²) in [6.45, 7) is 4.52. The van der Waals surface area contributed by atoms with Gasteiger partial charge in [-0.05, 0) is 31.5 Å². The maximum absolute atomic E-state index is 5.85. The first-order valence-corrected chi connectivity index (χ1v) is 5.17. The Bertz CT molecular complexity index is 491. The van der Waals surface area contributed by atoms with Crippen LogP contribution >= 0.6 is 0 Å². The first kappa shape index (κ1) is 10.5. The standard InChI is InChI=1S/C12H15N3O/c1-8-3-4-11(13)12(5-8)14-7-10-6-9(2)16-15-10/h3-6,14H,7,13H2,1-2H3. The van der Waals surface area contributed by atoms with Crippen LogP contribution in [0.4, 0.5) is 11.4 Å². The molecule has 84 valence electrons. The van der Waals surface area contributed by atoms with Gasteiger partial charge < -0.3 is 15.6 Å². The second kappa shape index (κ2) is 4.26. The zero-order valence-electron chi connectivity index (χ0n) is 9.45. The molecule has 0 aliphatic rings. The lowest BCUT2D eigenvalue weighted by molar-refractivity contribution is 0.391. The fraction of sp³-hybridized carbons (Fsp3) is 0.250. The summed E-state index contributed by atoms with van der Waals surface area (Å²) in [6.07, 6.45) is 0. The van der Waals surface area contributed by atoms with Crippen molar-refractivity contribution in [3.05, 3.63) is 41.3 Å². The second-order valence-electron chi connectivity index (χ2n) is 3.87. The zero-order valence-corrected chi connectivity index (χ0v) is 9.45. The zero-order chi connectivity index (χ0) is 11.5. The first-order valence-electron chi connectivity index (χ1n) is 5.17. The number of hydrogen-bond acceptors (Lipinski definition) is 4. The Labute approximate surface area is 94.4 Å². The molecule has 0 amide bonds. The Balaban J connectivity index is 2.07. The van der Waals surface area contributed by atoms with Crippen LogP contribution in [0.5, 0.6) is 0 Å².